The highest BCUT2D eigenvalue weighted by Gasteiger charge is 2.16. The molecule has 0 unspecified atom stereocenters. The third-order valence-electron chi connectivity index (χ3n) is 6.31. The number of amidine groups is 1. The molecule has 4 aromatic rings. The molecule has 7 nitrogen and oxygen atoms in total. The number of benzene rings is 2. The minimum atomic E-state index is -0.0325. The van der Waals surface area contributed by atoms with E-state index >= 15 is 0 Å². The Morgan fingerprint density at radius 1 is 1.03 bits per heavy atom. The van der Waals surface area contributed by atoms with Crippen molar-refractivity contribution in [2.75, 3.05) is 0 Å². The van der Waals surface area contributed by atoms with Gasteiger partial charge in [-0.2, -0.15) is 5.10 Å². The Balaban J connectivity index is 1.71. The normalized spacial score (nSPS) is 11.7. The maximum atomic E-state index is 13.6. The molecule has 0 bridgehead atoms. The molecule has 0 amide bonds. The summed E-state index contributed by atoms with van der Waals surface area (Å²) >= 11 is 0. The molecule has 0 saturated carbocycles. The first kappa shape index (κ1) is 24.0. The van der Waals surface area contributed by atoms with Gasteiger partial charge in [-0.3, -0.25) is 14.1 Å². The molecule has 2 aromatic carbocycles. The van der Waals surface area contributed by atoms with Gasteiger partial charge in [0.2, 0.25) is 0 Å². The van der Waals surface area contributed by atoms with Crippen LogP contribution in [0, 0.1) is 13.8 Å². The van der Waals surface area contributed by atoms with Crippen LogP contribution < -0.4 is 17.3 Å². The van der Waals surface area contributed by atoms with Gasteiger partial charge in [0.05, 0.1) is 17.9 Å². The molecule has 35 heavy (non-hydrogen) atoms. The largest absolute Gasteiger partial charge is 0.382 e. The molecule has 0 atom stereocenters. The van der Waals surface area contributed by atoms with Gasteiger partial charge < -0.3 is 11.6 Å². The molecule has 0 aliphatic rings. The van der Waals surface area contributed by atoms with E-state index < -0.39 is 0 Å². The number of aryl methyl sites for hydroxylation is 3. The highest BCUT2D eigenvalue weighted by Crippen LogP contribution is 2.23. The van der Waals surface area contributed by atoms with E-state index in [1.54, 1.807) is 4.57 Å². The lowest BCUT2D eigenvalue weighted by Crippen LogP contribution is -2.25. The van der Waals surface area contributed by atoms with Crippen molar-refractivity contribution in [1.29, 1.82) is 0 Å². The third kappa shape index (κ3) is 4.89. The average molecular weight is 469 g/mol. The van der Waals surface area contributed by atoms with Crippen LogP contribution >= 0.6 is 0 Å². The number of rotatable bonds is 8. The number of hydrazone groups is 1. The van der Waals surface area contributed by atoms with Crippen molar-refractivity contribution < 1.29 is 0 Å². The average Bonchev–Trinajstić information content (AvgIpc) is 3.17. The number of para-hydroxylation sites is 1. The van der Waals surface area contributed by atoms with E-state index in [1.807, 2.05) is 85.4 Å². The van der Waals surface area contributed by atoms with Crippen molar-refractivity contribution in [3.63, 3.8) is 0 Å². The second-order valence-corrected chi connectivity index (χ2v) is 8.81. The molecular weight excluding hydrogens is 436 g/mol. The molecule has 7 heteroatoms. The number of nitrogens with zero attached hydrogens (tertiary/aromatic N) is 4. The zero-order valence-corrected chi connectivity index (χ0v) is 20.5. The topological polar surface area (TPSA) is 104 Å². The molecular formula is C28H32N6O. The first-order valence-electron chi connectivity index (χ1n) is 11.9. The Bertz CT molecular complexity index is 1390. The smallest absolute Gasteiger partial charge is 0.333 e. The number of hydrogen-bond acceptors (Lipinski definition) is 4. The van der Waals surface area contributed by atoms with Crippen LogP contribution in [0.2, 0.25) is 0 Å². The maximum absolute atomic E-state index is 13.6. The van der Waals surface area contributed by atoms with Crippen LogP contribution in [0.1, 0.15) is 47.7 Å². The van der Waals surface area contributed by atoms with E-state index in [0.29, 0.717) is 6.54 Å². The molecule has 4 N–H and O–H groups in total. The summed E-state index contributed by atoms with van der Waals surface area (Å²) in [5, 5.41) is 3.63. The number of imidazole rings is 1. The van der Waals surface area contributed by atoms with Gasteiger partial charge in [0, 0.05) is 29.2 Å². The maximum Gasteiger partial charge on any atom is 0.333 e. The van der Waals surface area contributed by atoms with E-state index in [4.69, 9.17) is 11.6 Å². The minimum absolute atomic E-state index is 0.0325. The summed E-state index contributed by atoms with van der Waals surface area (Å²) in [4.78, 5) is 18.2. The second kappa shape index (κ2) is 10.4. The van der Waals surface area contributed by atoms with Gasteiger partial charge in [0.1, 0.15) is 0 Å². The van der Waals surface area contributed by atoms with Crippen LogP contribution in [-0.4, -0.2) is 20.0 Å². The Hall–Kier alpha value is -4.13. The number of unbranched alkanes of at least 4 members (excludes halogenated alkanes) is 1. The van der Waals surface area contributed by atoms with Crippen molar-refractivity contribution in [3.8, 4) is 16.9 Å². The predicted molar refractivity (Wildman–Crippen MR) is 142 cm³/mol. The zero-order valence-electron chi connectivity index (χ0n) is 20.5. The Kier molecular flexibility index (Phi) is 7.15. The molecule has 0 aliphatic carbocycles. The zero-order chi connectivity index (χ0) is 24.9. The SMILES string of the molecule is CCCCc1cn(-c2c(C)cccc2C)c(=O)n1Cc1ccc(-c2ccccc2/C(N)=N/N)nc1. The van der Waals surface area contributed by atoms with Crippen LogP contribution in [0.3, 0.4) is 0 Å². The van der Waals surface area contributed by atoms with Crippen LogP contribution in [0.5, 0.6) is 0 Å². The van der Waals surface area contributed by atoms with Gasteiger partial charge in [-0.05, 0) is 49.4 Å². The fourth-order valence-electron chi connectivity index (χ4n) is 4.46. The summed E-state index contributed by atoms with van der Waals surface area (Å²) in [6.07, 6.45) is 6.75. The summed E-state index contributed by atoms with van der Waals surface area (Å²) < 4.78 is 3.66. The van der Waals surface area contributed by atoms with Crippen molar-refractivity contribution in [2.45, 2.75) is 46.6 Å². The summed E-state index contributed by atoms with van der Waals surface area (Å²) in [6.45, 7) is 6.70. The summed E-state index contributed by atoms with van der Waals surface area (Å²) in [5.41, 5.74) is 13.4. The molecule has 0 aliphatic heterocycles. The van der Waals surface area contributed by atoms with E-state index in [-0.39, 0.29) is 11.5 Å². The van der Waals surface area contributed by atoms with Crippen molar-refractivity contribution in [3.05, 3.63) is 105 Å². The number of pyridine rings is 1. The van der Waals surface area contributed by atoms with Gasteiger partial charge in [0.15, 0.2) is 5.84 Å². The van der Waals surface area contributed by atoms with E-state index in [1.165, 1.54) is 0 Å². The molecule has 0 spiro atoms. The monoisotopic (exact) mass is 468 g/mol. The molecule has 180 valence electrons. The van der Waals surface area contributed by atoms with Gasteiger partial charge in [-0.15, -0.1) is 0 Å². The predicted octanol–water partition coefficient (Wildman–Crippen LogP) is 4.29. The highest BCUT2D eigenvalue weighted by molar-refractivity contribution is 6.02. The molecule has 0 saturated heterocycles. The fraction of sp³-hybridized carbons (Fsp3) is 0.250. The summed E-state index contributed by atoms with van der Waals surface area (Å²) in [5.74, 6) is 5.65. The fourth-order valence-corrected chi connectivity index (χ4v) is 4.46. The molecule has 2 aromatic heterocycles. The lowest BCUT2D eigenvalue weighted by molar-refractivity contribution is 0.672. The first-order valence-corrected chi connectivity index (χ1v) is 11.9. The lowest BCUT2D eigenvalue weighted by atomic mass is 10.0. The van der Waals surface area contributed by atoms with Crippen molar-refractivity contribution in [1.82, 2.24) is 14.1 Å². The highest BCUT2D eigenvalue weighted by atomic mass is 16.1. The van der Waals surface area contributed by atoms with Crippen LogP contribution in [0.4, 0.5) is 0 Å². The quantitative estimate of drug-likeness (QED) is 0.174. The molecule has 2 heterocycles. The lowest BCUT2D eigenvalue weighted by Gasteiger charge is -2.10. The molecule has 0 radical (unpaired) electrons. The van der Waals surface area contributed by atoms with Crippen LogP contribution in [0.25, 0.3) is 16.9 Å². The number of nitrogens with two attached hydrogens (primary N) is 2. The van der Waals surface area contributed by atoms with Gasteiger partial charge >= 0.3 is 5.69 Å². The standard InChI is InChI=1S/C28H32N6O/c1-4-5-11-22-18-34(26-19(2)9-8-10-20(26)3)28(35)33(22)17-21-14-15-25(31-16-21)23-12-6-7-13-24(23)27(29)32-30/h6-10,12-16,18H,4-5,11,17,30H2,1-3H3,(H2,29,32). The van der Waals surface area contributed by atoms with Crippen molar-refractivity contribution >= 4 is 5.84 Å². The van der Waals surface area contributed by atoms with Crippen LogP contribution in [-0.2, 0) is 13.0 Å². The number of aromatic nitrogens is 3. The van der Waals surface area contributed by atoms with Gasteiger partial charge in [-0.25, -0.2) is 4.79 Å². The van der Waals surface area contributed by atoms with Gasteiger partial charge in [0.25, 0.3) is 0 Å². The Morgan fingerprint density at radius 2 is 1.77 bits per heavy atom. The third-order valence-corrected chi connectivity index (χ3v) is 6.31. The van der Waals surface area contributed by atoms with Gasteiger partial charge in [-0.1, -0.05) is 61.9 Å². The number of hydrogen-bond donors (Lipinski definition) is 2. The molecule has 4 rings (SSSR count). The van der Waals surface area contributed by atoms with E-state index in [0.717, 1.165) is 64.2 Å². The Morgan fingerprint density at radius 3 is 2.43 bits per heavy atom. The second-order valence-electron chi connectivity index (χ2n) is 8.81. The first-order chi connectivity index (χ1) is 16.9. The molecule has 0 fully saturated rings. The summed E-state index contributed by atoms with van der Waals surface area (Å²) in [7, 11) is 0. The summed E-state index contributed by atoms with van der Waals surface area (Å²) in [6, 6.07) is 17.7. The Labute approximate surface area is 205 Å². The van der Waals surface area contributed by atoms with E-state index in [9.17, 15) is 4.79 Å². The van der Waals surface area contributed by atoms with Crippen LogP contribution in [0.15, 0.2) is 76.9 Å². The van der Waals surface area contributed by atoms with E-state index in [2.05, 4.69) is 17.0 Å². The van der Waals surface area contributed by atoms with Crippen molar-refractivity contribution in [2.24, 2.45) is 16.7 Å². The minimum Gasteiger partial charge on any atom is -0.382 e.